The van der Waals surface area contributed by atoms with Crippen LogP contribution in [0.2, 0.25) is 0 Å². The molecule has 1 aromatic heterocycles. The number of benzene rings is 2. The molecule has 0 aliphatic heterocycles. The number of rotatable bonds is 8. The number of carbonyl (C=O) groups excluding carboxylic acids is 3. The summed E-state index contributed by atoms with van der Waals surface area (Å²) in [6.07, 6.45) is 0. The maximum atomic E-state index is 13.1. The number of methoxy groups -OCH3 is 3. The molecular formula is C23H21N3O8S. The summed E-state index contributed by atoms with van der Waals surface area (Å²) in [5, 5.41) is 16.4. The number of nitro groups is 1. The fraction of sp³-hybridized carbons (Fsp3) is 0.174. The van der Waals surface area contributed by atoms with E-state index < -0.39 is 22.7 Å². The Balaban J connectivity index is 1.97. The molecule has 0 saturated heterocycles. The summed E-state index contributed by atoms with van der Waals surface area (Å²) in [5.74, 6) is -1.13. The van der Waals surface area contributed by atoms with Crippen LogP contribution < -0.4 is 20.1 Å². The third-order valence-corrected chi connectivity index (χ3v) is 6.15. The Labute approximate surface area is 203 Å². The van der Waals surface area contributed by atoms with Crippen LogP contribution in [0.15, 0.2) is 42.5 Å². The van der Waals surface area contributed by atoms with Crippen LogP contribution in [0, 0.1) is 17.0 Å². The Hall–Kier alpha value is -4.45. The van der Waals surface area contributed by atoms with Gasteiger partial charge in [-0.2, -0.15) is 0 Å². The molecule has 12 heteroatoms. The molecule has 0 aliphatic rings. The van der Waals surface area contributed by atoms with E-state index in [0.29, 0.717) is 17.2 Å². The first-order valence-corrected chi connectivity index (χ1v) is 10.8. The minimum absolute atomic E-state index is 0.000891. The van der Waals surface area contributed by atoms with Gasteiger partial charge in [0, 0.05) is 23.8 Å². The largest absolute Gasteiger partial charge is 0.497 e. The van der Waals surface area contributed by atoms with Gasteiger partial charge in [-0.3, -0.25) is 19.7 Å². The van der Waals surface area contributed by atoms with Crippen LogP contribution in [0.1, 0.15) is 36.0 Å². The molecule has 3 aromatic rings. The van der Waals surface area contributed by atoms with Crippen molar-refractivity contribution in [3.05, 3.63) is 74.1 Å². The summed E-state index contributed by atoms with van der Waals surface area (Å²) in [6.45, 7) is 1.55. The zero-order valence-corrected chi connectivity index (χ0v) is 20.0. The summed E-state index contributed by atoms with van der Waals surface area (Å²) in [7, 11) is 4.10. The number of nitrogens with zero attached hydrogens (tertiary/aromatic N) is 1. The van der Waals surface area contributed by atoms with Gasteiger partial charge in [0.25, 0.3) is 17.5 Å². The average molecular weight is 500 g/mol. The van der Waals surface area contributed by atoms with Gasteiger partial charge >= 0.3 is 5.97 Å². The van der Waals surface area contributed by atoms with E-state index in [1.54, 1.807) is 25.1 Å². The van der Waals surface area contributed by atoms with Crippen molar-refractivity contribution in [1.29, 1.82) is 0 Å². The fourth-order valence-electron chi connectivity index (χ4n) is 3.19. The first-order valence-electron chi connectivity index (χ1n) is 10.0. The molecule has 0 bridgehead atoms. The van der Waals surface area contributed by atoms with Crippen LogP contribution in [0.4, 0.5) is 16.4 Å². The first-order chi connectivity index (χ1) is 16.7. The molecule has 35 heavy (non-hydrogen) atoms. The number of esters is 1. The van der Waals surface area contributed by atoms with Gasteiger partial charge in [0.15, 0.2) is 0 Å². The number of non-ortho nitro benzene ring substituents is 1. The molecule has 0 spiro atoms. The monoisotopic (exact) mass is 499 g/mol. The number of nitro benzene ring substituents is 1. The first kappa shape index (κ1) is 25.2. The van der Waals surface area contributed by atoms with Gasteiger partial charge in [0.1, 0.15) is 16.5 Å². The summed E-state index contributed by atoms with van der Waals surface area (Å²) in [4.78, 5) is 48.9. The topological polar surface area (TPSA) is 146 Å². The summed E-state index contributed by atoms with van der Waals surface area (Å²) in [5.41, 5.74) is 0.370. The van der Waals surface area contributed by atoms with E-state index in [0.717, 1.165) is 17.4 Å². The van der Waals surface area contributed by atoms with E-state index in [1.807, 2.05) is 0 Å². The molecule has 0 unspecified atom stereocenters. The number of amides is 2. The lowest BCUT2D eigenvalue weighted by Crippen LogP contribution is -2.14. The highest BCUT2D eigenvalue weighted by atomic mass is 32.1. The number of thiophene rings is 1. The summed E-state index contributed by atoms with van der Waals surface area (Å²) in [6, 6.07) is 9.99. The van der Waals surface area contributed by atoms with Gasteiger partial charge in [0.2, 0.25) is 0 Å². The van der Waals surface area contributed by atoms with Crippen molar-refractivity contribution in [3.63, 3.8) is 0 Å². The van der Waals surface area contributed by atoms with E-state index in [4.69, 9.17) is 14.2 Å². The van der Waals surface area contributed by atoms with Crippen molar-refractivity contribution in [2.75, 3.05) is 32.0 Å². The van der Waals surface area contributed by atoms with E-state index in [1.165, 1.54) is 39.5 Å². The molecule has 0 radical (unpaired) electrons. The molecule has 2 aromatic carbocycles. The summed E-state index contributed by atoms with van der Waals surface area (Å²) < 4.78 is 15.3. The lowest BCUT2D eigenvalue weighted by atomic mass is 10.1. The third-order valence-electron chi connectivity index (χ3n) is 4.94. The lowest BCUT2D eigenvalue weighted by molar-refractivity contribution is -0.384. The lowest BCUT2D eigenvalue weighted by Gasteiger charge is -2.11. The Morgan fingerprint density at radius 1 is 0.971 bits per heavy atom. The van der Waals surface area contributed by atoms with Crippen molar-refractivity contribution < 1.29 is 33.5 Å². The third kappa shape index (κ3) is 5.38. The number of carbonyl (C=O) groups is 3. The van der Waals surface area contributed by atoms with E-state index in [2.05, 4.69) is 10.6 Å². The van der Waals surface area contributed by atoms with Gasteiger partial charge in [-0.1, -0.05) is 6.07 Å². The molecule has 1 heterocycles. The molecule has 2 amide bonds. The van der Waals surface area contributed by atoms with Gasteiger partial charge in [-0.25, -0.2) is 4.79 Å². The summed E-state index contributed by atoms with van der Waals surface area (Å²) >= 11 is 0.863. The molecule has 3 rings (SSSR count). The number of ether oxygens (including phenoxy) is 3. The number of anilines is 2. The average Bonchev–Trinajstić information content (AvgIpc) is 3.18. The standard InChI is InChI=1S/C23H21N3O8S/c1-12-18(23(29)34-4)22(25-20(27)13-6-5-7-14(10-13)26(30)31)35-19(12)21(28)24-16-11-15(32-2)8-9-17(16)33-3/h5-11H,1-4H3,(H,24,28)(H,25,27). The number of nitrogens with one attached hydrogen (secondary N) is 2. The van der Waals surface area contributed by atoms with E-state index in [9.17, 15) is 24.5 Å². The van der Waals surface area contributed by atoms with Crippen LogP contribution in [0.3, 0.4) is 0 Å². The Morgan fingerprint density at radius 2 is 1.71 bits per heavy atom. The predicted molar refractivity (Wildman–Crippen MR) is 129 cm³/mol. The van der Waals surface area contributed by atoms with Crippen LogP contribution >= 0.6 is 11.3 Å². The second-order valence-corrected chi connectivity index (χ2v) is 8.05. The Kier molecular flexibility index (Phi) is 7.66. The molecule has 2 N–H and O–H groups in total. The van der Waals surface area contributed by atoms with Crippen molar-refractivity contribution in [1.82, 2.24) is 0 Å². The maximum absolute atomic E-state index is 13.1. The number of hydrogen-bond donors (Lipinski definition) is 2. The van der Waals surface area contributed by atoms with E-state index in [-0.39, 0.29) is 32.3 Å². The molecule has 0 aliphatic carbocycles. The van der Waals surface area contributed by atoms with Gasteiger partial charge < -0.3 is 24.8 Å². The van der Waals surface area contributed by atoms with Crippen LogP contribution in [-0.4, -0.2) is 44.0 Å². The highest BCUT2D eigenvalue weighted by molar-refractivity contribution is 7.19. The Bertz CT molecular complexity index is 1320. The zero-order valence-electron chi connectivity index (χ0n) is 19.2. The minimum Gasteiger partial charge on any atom is -0.497 e. The maximum Gasteiger partial charge on any atom is 0.341 e. The molecular weight excluding hydrogens is 478 g/mol. The van der Waals surface area contributed by atoms with Crippen molar-refractivity contribution in [3.8, 4) is 11.5 Å². The molecule has 11 nitrogen and oxygen atoms in total. The predicted octanol–water partition coefficient (Wildman–Crippen LogP) is 4.27. The molecule has 0 fully saturated rings. The number of hydrogen-bond acceptors (Lipinski definition) is 9. The molecule has 182 valence electrons. The normalized spacial score (nSPS) is 10.3. The van der Waals surface area contributed by atoms with Gasteiger partial charge in [-0.05, 0) is 30.7 Å². The SMILES string of the molecule is COC(=O)c1c(NC(=O)c2cccc([N+](=O)[O-])c2)sc(C(=O)Nc2cc(OC)ccc2OC)c1C. The van der Waals surface area contributed by atoms with E-state index >= 15 is 0 Å². The fourth-order valence-corrected chi connectivity index (χ4v) is 4.28. The molecule has 0 atom stereocenters. The van der Waals surface area contributed by atoms with Crippen molar-refractivity contribution in [2.45, 2.75) is 6.92 Å². The van der Waals surface area contributed by atoms with Crippen LogP contribution in [0.25, 0.3) is 0 Å². The van der Waals surface area contributed by atoms with Crippen LogP contribution in [0.5, 0.6) is 11.5 Å². The highest BCUT2D eigenvalue weighted by Gasteiger charge is 2.27. The van der Waals surface area contributed by atoms with Crippen LogP contribution in [-0.2, 0) is 4.74 Å². The zero-order chi connectivity index (χ0) is 25.7. The quantitative estimate of drug-likeness (QED) is 0.265. The highest BCUT2D eigenvalue weighted by Crippen LogP contribution is 2.36. The smallest absolute Gasteiger partial charge is 0.341 e. The van der Waals surface area contributed by atoms with Gasteiger partial charge in [0.05, 0.1) is 42.4 Å². The van der Waals surface area contributed by atoms with Crippen molar-refractivity contribution in [2.24, 2.45) is 0 Å². The van der Waals surface area contributed by atoms with Gasteiger partial charge in [-0.15, -0.1) is 11.3 Å². The van der Waals surface area contributed by atoms with Crippen molar-refractivity contribution >= 4 is 45.5 Å². The second kappa shape index (κ2) is 10.7. The molecule has 0 saturated carbocycles. The minimum atomic E-state index is -0.758. The Morgan fingerprint density at radius 3 is 2.34 bits per heavy atom. The second-order valence-electron chi connectivity index (χ2n) is 7.03.